The Morgan fingerprint density at radius 2 is 1.93 bits per heavy atom. The molecule has 15 heavy (non-hydrogen) atoms. The highest BCUT2D eigenvalue weighted by Crippen LogP contribution is 2.23. The summed E-state index contributed by atoms with van der Waals surface area (Å²) in [7, 11) is 0. The van der Waals surface area contributed by atoms with Crippen LogP contribution in [0.1, 0.15) is 40.0 Å². The number of hydrogen-bond donors (Lipinski definition) is 1. The molecule has 0 aliphatic rings. The van der Waals surface area contributed by atoms with Crippen molar-refractivity contribution in [1.82, 2.24) is 0 Å². The van der Waals surface area contributed by atoms with Gasteiger partial charge in [-0.2, -0.15) is 12.6 Å². The van der Waals surface area contributed by atoms with Gasteiger partial charge in [0, 0.05) is 12.2 Å². The molecule has 3 nitrogen and oxygen atoms in total. The van der Waals surface area contributed by atoms with Gasteiger partial charge < -0.3 is 4.74 Å². The molecule has 0 aliphatic carbocycles. The average Bonchev–Trinajstić information content (AvgIpc) is 2.17. The summed E-state index contributed by atoms with van der Waals surface area (Å²) >= 11 is 3.88. The molecule has 0 aromatic heterocycles. The number of thiol groups is 1. The molecule has 0 rings (SSSR count). The van der Waals surface area contributed by atoms with Gasteiger partial charge in [-0.05, 0) is 20.3 Å². The zero-order valence-corrected chi connectivity index (χ0v) is 10.6. The Morgan fingerprint density at radius 3 is 2.40 bits per heavy atom. The number of carbonyl (C=O) groups is 2. The van der Waals surface area contributed by atoms with Crippen molar-refractivity contribution in [2.75, 3.05) is 12.4 Å². The van der Waals surface area contributed by atoms with Crippen molar-refractivity contribution in [1.29, 1.82) is 0 Å². The third kappa shape index (κ3) is 5.82. The van der Waals surface area contributed by atoms with Crippen molar-refractivity contribution in [3.8, 4) is 0 Å². The van der Waals surface area contributed by atoms with Crippen LogP contribution in [0.25, 0.3) is 0 Å². The summed E-state index contributed by atoms with van der Waals surface area (Å²) in [5.41, 5.74) is -0.729. The van der Waals surface area contributed by atoms with Gasteiger partial charge in [-0.15, -0.1) is 0 Å². The molecule has 0 heterocycles. The number of carbonyl (C=O) groups excluding carboxylic acids is 2. The SMILES string of the molecule is CCCCOC(=O)C(C)(C)CC(=O)CS. The maximum absolute atomic E-state index is 11.6. The van der Waals surface area contributed by atoms with Crippen LogP contribution in [0.2, 0.25) is 0 Å². The van der Waals surface area contributed by atoms with E-state index in [1.165, 1.54) is 0 Å². The van der Waals surface area contributed by atoms with Crippen molar-refractivity contribution >= 4 is 24.4 Å². The monoisotopic (exact) mass is 232 g/mol. The summed E-state index contributed by atoms with van der Waals surface area (Å²) in [6, 6.07) is 0. The Balaban J connectivity index is 4.07. The van der Waals surface area contributed by atoms with Gasteiger partial charge in [0.2, 0.25) is 0 Å². The lowest BCUT2D eigenvalue weighted by molar-refractivity contribution is -0.155. The number of Topliss-reactive ketones (excluding diaryl/α,β-unsaturated/α-hetero) is 1. The molecular weight excluding hydrogens is 212 g/mol. The summed E-state index contributed by atoms with van der Waals surface area (Å²) in [6.07, 6.45) is 2.05. The highest BCUT2D eigenvalue weighted by molar-refractivity contribution is 7.81. The molecule has 0 aromatic rings. The quantitative estimate of drug-likeness (QED) is 0.416. The molecule has 0 amide bonds. The molecule has 0 unspecified atom stereocenters. The maximum Gasteiger partial charge on any atom is 0.311 e. The topological polar surface area (TPSA) is 43.4 Å². The number of rotatable bonds is 7. The van der Waals surface area contributed by atoms with E-state index in [1.807, 2.05) is 6.92 Å². The van der Waals surface area contributed by atoms with Crippen LogP contribution in [0.5, 0.6) is 0 Å². The lowest BCUT2D eigenvalue weighted by atomic mass is 9.88. The fraction of sp³-hybridized carbons (Fsp3) is 0.818. The van der Waals surface area contributed by atoms with Crippen LogP contribution in [0.4, 0.5) is 0 Å². The lowest BCUT2D eigenvalue weighted by Crippen LogP contribution is -2.30. The lowest BCUT2D eigenvalue weighted by Gasteiger charge is -2.21. The first-order valence-corrected chi connectivity index (χ1v) is 5.87. The second-order valence-electron chi connectivity index (χ2n) is 4.25. The normalized spacial score (nSPS) is 11.2. The molecule has 0 aromatic carbocycles. The number of hydrogen-bond acceptors (Lipinski definition) is 4. The van der Waals surface area contributed by atoms with E-state index in [0.29, 0.717) is 6.61 Å². The Hall–Kier alpha value is -0.510. The molecule has 0 radical (unpaired) electrons. The first-order valence-electron chi connectivity index (χ1n) is 5.24. The molecule has 0 fully saturated rings. The summed E-state index contributed by atoms with van der Waals surface area (Å²) in [4.78, 5) is 22.8. The van der Waals surface area contributed by atoms with E-state index in [2.05, 4.69) is 12.6 Å². The standard InChI is InChI=1S/C11H20O3S/c1-4-5-6-14-10(13)11(2,3)7-9(12)8-15/h15H,4-8H2,1-3H3. The van der Waals surface area contributed by atoms with E-state index >= 15 is 0 Å². The Bertz CT molecular complexity index is 224. The summed E-state index contributed by atoms with van der Waals surface area (Å²) in [5.74, 6) is -0.159. The van der Waals surface area contributed by atoms with E-state index in [1.54, 1.807) is 13.8 Å². The van der Waals surface area contributed by atoms with E-state index in [4.69, 9.17) is 4.74 Å². The highest BCUT2D eigenvalue weighted by Gasteiger charge is 2.31. The van der Waals surface area contributed by atoms with Crippen LogP contribution in [0.3, 0.4) is 0 Å². The number of ether oxygens (including phenoxy) is 1. The molecule has 0 atom stereocenters. The largest absolute Gasteiger partial charge is 0.465 e. The van der Waals surface area contributed by atoms with E-state index in [0.717, 1.165) is 12.8 Å². The van der Waals surface area contributed by atoms with Gasteiger partial charge in [0.15, 0.2) is 0 Å². The smallest absolute Gasteiger partial charge is 0.311 e. The van der Waals surface area contributed by atoms with E-state index in [-0.39, 0.29) is 23.9 Å². The van der Waals surface area contributed by atoms with Gasteiger partial charge in [0.1, 0.15) is 5.78 Å². The molecule has 4 heteroatoms. The van der Waals surface area contributed by atoms with Crippen LogP contribution < -0.4 is 0 Å². The van der Waals surface area contributed by atoms with Crippen molar-refractivity contribution < 1.29 is 14.3 Å². The fourth-order valence-electron chi connectivity index (χ4n) is 1.13. The molecular formula is C11H20O3S. The predicted molar refractivity (Wildman–Crippen MR) is 63.1 cm³/mol. The first kappa shape index (κ1) is 14.5. The number of ketones is 1. The fourth-order valence-corrected chi connectivity index (χ4v) is 1.24. The minimum absolute atomic E-state index is 0.0317. The van der Waals surface area contributed by atoms with Crippen LogP contribution in [-0.4, -0.2) is 24.1 Å². The Labute approximate surface area is 97.0 Å². The minimum Gasteiger partial charge on any atom is -0.465 e. The Morgan fingerprint density at radius 1 is 1.33 bits per heavy atom. The summed E-state index contributed by atoms with van der Waals surface area (Å²) < 4.78 is 5.08. The van der Waals surface area contributed by atoms with Crippen LogP contribution in [0.15, 0.2) is 0 Å². The van der Waals surface area contributed by atoms with E-state index in [9.17, 15) is 9.59 Å². The van der Waals surface area contributed by atoms with Gasteiger partial charge in [0.05, 0.1) is 12.0 Å². The van der Waals surface area contributed by atoms with Crippen LogP contribution >= 0.6 is 12.6 Å². The maximum atomic E-state index is 11.6. The van der Waals surface area contributed by atoms with Crippen molar-refractivity contribution in [2.24, 2.45) is 5.41 Å². The third-order valence-corrected chi connectivity index (χ3v) is 2.45. The molecule has 0 aliphatic heterocycles. The van der Waals surface area contributed by atoms with Gasteiger partial charge in [-0.3, -0.25) is 9.59 Å². The summed E-state index contributed by atoms with van der Waals surface area (Å²) in [5, 5.41) is 0. The second kappa shape index (κ2) is 6.88. The zero-order chi connectivity index (χ0) is 11.9. The Kier molecular flexibility index (Phi) is 6.65. The average molecular weight is 232 g/mol. The zero-order valence-electron chi connectivity index (χ0n) is 9.71. The molecule has 0 N–H and O–H groups in total. The van der Waals surface area contributed by atoms with Gasteiger partial charge >= 0.3 is 5.97 Å². The number of unbranched alkanes of at least 4 members (excludes halogenated alkanes) is 1. The molecule has 0 saturated heterocycles. The van der Waals surface area contributed by atoms with Crippen LogP contribution in [0, 0.1) is 5.41 Å². The molecule has 88 valence electrons. The highest BCUT2D eigenvalue weighted by atomic mass is 32.1. The number of esters is 1. The van der Waals surface area contributed by atoms with Gasteiger partial charge in [-0.25, -0.2) is 0 Å². The first-order chi connectivity index (χ1) is 6.94. The van der Waals surface area contributed by atoms with Crippen molar-refractivity contribution in [2.45, 2.75) is 40.0 Å². The molecule has 0 spiro atoms. The third-order valence-electron chi connectivity index (χ3n) is 2.10. The summed E-state index contributed by atoms with van der Waals surface area (Å²) in [6.45, 7) is 5.92. The van der Waals surface area contributed by atoms with Crippen molar-refractivity contribution in [3.63, 3.8) is 0 Å². The van der Waals surface area contributed by atoms with Gasteiger partial charge in [0.25, 0.3) is 0 Å². The van der Waals surface area contributed by atoms with E-state index < -0.39 is 5.41 Å². The molecule has 0 saturated carbocycles. The van der Waals surface area contributed by atoms with Gasteiger partial charge in [-0.1, -0.05) is 13.3 Å². The van der Waals surface area contributed by atoms with Crippen molar-refractivity contribution in [3.05, 3.63) is 0 Å². The minimum atomic E-state index is -0.729. The second-order valence-corrected chi connectivity index (χ2v) is 4.56. The predicted octanol–water partition coefficient (Wildman–Crippen LogP) is 2.24. The molecule has 0 bridgehead atoms. The van der Waals surface area contributed by atoms with Crippen LogP contribution in [-0.2, 0) is 14.3 Å².